The second-order valence-corrected chi connectivity index (χ2v) is 10.3. The molecule has 6 heterocycles. The van der Waals surface area contributed by atoms with E-state index in [1.807, 2.05) is 31.2 Å². The number of nitrogens with zero attached hydrogens (tertiary/aromatic N) is 9. The quantitative estimate of drug-likeness (QED) is 0.347. The van der Waals surface area contributed by atoms with E-state index in [1.165, 1.54) is 10.1 Å². The van der Waals surface area contributed by atoms with E-state index in [1.54, 1.807) is 21.7 Å². The standard InChI is InChI=1S/C29H26FN9O/c1-19-17-37(24-9-7-21(15-31)39-27(24)23(30)16-32-39)29(40)26-22-8-10-25(33-28(22)34-38(19)26)36-13-11-35(12-14-36)18-20-5-3-2-4-6-20/h2-10,16,19H,11-14,17-18H2,1H3/t19-/m1/s1. The molecule has 0 spiro atoms. The van der Waals surface area contributed by atoms with Crippen LogP contribution in [0.4, 0.5) is 15.9 Å². The highest BCUT2D eigenvalue weighted by atomic mass is 19.1. The predicted molar refractivity (Wildman–Crippen MR) is 148 cm³/mol. The minimum atomic E-state index is -0.591. The van der Waals surface area contributed by atoms with Gasteiger partial charge in [0.2, 0.25) is 0 Å². The summed E-state index contributed by atoms with van der Waals surface area (Å²) >= 11 is 0. The molecule has 11 heteroatoms. The van der Waals surface area contributed by atoms with Gasteiger partial charge in [0.15, 0.2) is 11.5 Å². The molecule has 0 saturated carbocycles. The van der Waals surface area contributed by atoms with Crippen molar-refractivity contribution in [3.8, 4) is 6.07 Å². The minimum absolute atomic E-state index is 0.101. The zero-order chi connectivity index (χ0) is 27.4. The summed E-state index contributed by atoms with van der Waals surface area (Å²) < 4.78 is 17.7. The Balaban J connectivity index is 1.17. The maximum atomic E-state index is 14.8. The van der Waals surface area contributed by atoms with Crippen LogP contribution >= 0.6 is 0 Å². The van der Waals surface area contributed by atoms with Crippen LogP contribution in [0.1, 0.15) is 34.7 Å². The maximum absolute atomic E-state index is 14.8. The maximum Gasteiger partial charge on any atom is 0.277 e. The van der Waals surface area contributed by atoms with Crippen molar-refractivity contribution >= 4 is 34.0 Å². The van der Waals surface area contributed by atoms with Crippen molar-refractivity contribution < 1.29 is 9.18 Å². The fraction of sp³-hybridized carbons (Fsp3) is 0.276. The van der Waals surface area contributed by atoms with Gasteiger partial charge < -0.3 is 9.80 Å². The van der Waals surface area contributed by atoms with E-state index >= 15 is 0 Å². The van der Waals surface area contributed by atoms with Crippen molar-refractivity contribution in [3.63, 3.8) is 0 Å². The van der Waals surface area contributed by atoms with Crippen molar-refractivity contribution in [2.24, 2.45) is 0 Å². The molecule has 0 aliphatic carbocycles. The summed E-state index contributed by atoms with van der Waals surface area (Å²) in [4.78, 5) is 24.9. The molecule has 7 rings (SSSR count). The SMILES string of the molecule is C[C@@H]1CN(c2ccc(C#N)n3ncc(F)c23)C(=O)c2c3ccc(N4CCN(Cc5ccccc5)CC4)nc3nn21. The number of amides is 1. The number of hydrogen-bond donors (Lipinski definition) is 0. The highest BCUT2D eigenvalue weighted by molar-refractivity contribution is 6.14. The van der Waals surface area contributed by atoms with Crippen LogP contribution in [-0.2, 0) is 6.54 Å². The lowest BCUT2D eigenvalue weighted by Crippen LogP contribution is -2.46. The monoisotopic (exact) mass is 535 g/mol. The third kappa shape index (κ3) is 3.87. The average molecular weight is 536 g/mol. The van der Waals surface area contributed by atoms with Crippen LogP contribution < -0.4 is 9.80 Å². The fourth-order valence-corrected chi connectivity index (χ4v) is 5.77. The van der Waals surface area contributed by atoms with Gasteiger partial charge in [0, 0.05) is 39.3 Å². The first-order chi connectivity index (χ1) is 19.5. The summed E-state index contributed by atoms with van der Waals surface area (Å²) in [6, 6.07) is 19.3. The molecule has 10 nitrogen and oxygen atoms in total. The molecule has 0 bridgehead atoms. The van der Waals surface area contributed by atoms with E-state index in [2.05, 4.69) is 39.2 Å². The summed E-state index contributed by atoms with van der Waals surface area (Å²) in [6.45, 7) is 6.77. The van der Waals surface area contributed by atoms with Crippen molar-refractivity contribution in [2.45, 2.75) is 19.5 Å². The van der Waals surface area contributed by atoms with E-state index in [0.717, 1.165) is 44.7 Å². The Labute approximate surface area is 229 Å². The smallest absolute Gasteiger partial charge is 0.277 e. The predicted octanol–water partition coefficient (Wildman–Crippen LogP) is 3.63. The van der Waals surface area contributed by atoms with E-state index < -0.39 is 5.82 Å². The number of rotatable bonds is 4. The second kappa shape index (κ2) is 9.43. The summed E-state index contributed by atoms with van der Waals surface area (Å²) in [5.74, 6) is -0.0436. The summed E-state index contributed by atoms with van der Waals surface area (Å²) in [7, 11) is 0. The Morgan fingerprint density at radius 1 is 1.05 bits per heavy atom. The zero-order valence-electron chi connectivity index (χ0n) is 21.9. The molecule has 1 aromatic carbocycles. The number of benzene rings is 1. The fourth-order valence-electron chi connectivity index (χ4n) is 5.77. The number of carbonyl (C=O) groups is 1. The lowest BCUT2D eigenvalue weighted by Gasteiger charge is -2.35. The average Bonchev–Trinajstić information content (AvgIpc) is 3.57. The number of pyridine rings is 2. The van der Waals surface area contributed by atoms with E-state index in [4.69, 9.17) is 10.1 Å². The van der Waals surface area contributed by atoms with Crippen LogP contribution in [-0.4, -0.2) is 67.9 Å². The third-order valence-corrected chi connectivity index (χ3v) is 7.80. The molecule has 0 unspecified atom stereocenters. The lowest BCUT2D eigenvalue weighted by atomic mass is 10.1. The van der Waals surface area contributed by atoms with Crippen LogP contribution in [0.15, 0.2) is 60.8 Å². The molecular weight excluding hydrogens is 509 g/mol. The molecule has 1 fully saturated rings. The van der Waals surface area contributed by atoms with Crippen LogP contribution in [0.25, 0.3) is 16.6 Å². The van der Waals surface area contributed by atoms with Gasteiger partial charge in [-0.2, -0.15) is 15.5 Å². The molecule has 5 aromatic rings. The number of anilines is 2. The Kier molecular flexibility index (Phi) is 5.71. The number of halogens is 1. The van der Waals surface area contributed by atoms with Gasteiger partial charge in [-0.25, -0.2) is 13.9 Å². The van der Waals surface area contributed by atoms with Crippen molar-refractivity contribution in [3.05, 3.63) is 83.6 Å². The van der Waals surface area contributed by atoms with Crippen LogP contribution in [0.3, 0.4) is 0 Å². The van der Waals surface area contributed by atoms with Gasteiger partial charge in [-0.1, -0.05) is 30.3 Å². The third-order valence-electron chi connectivity index (χ3n) is 7.80. The number of hydrogen-bond acceptors (Lipinski definition) is 7. The molecule has 0 radical (unpaired) electrons. The van der Waals surface area contributed by atoms with Crippen LogP contribution in [0.2, 0.25) is 0 Å². The first kappa shape index (κ1) is 24.2. The van der Waals surface area contributed by atoms with Crippen LogP contribution in [0, 0.1) is 17.1 Å². The molecule has 2 aliphatic rings. The van der Waals surface area contributed by atoms with Crippen molar-refractivity contribution in [1.82, 2.24) is 29.3 Å². The molecular formula is C29H26FN9O. The largest absolute Gasteiger partial charge is 0.354 e. The summed E-state index contributed by atoms with van der Waals surface area (Å²) in [5.41, 5.74) is 2.90. The number of piperazine rings is 1. The zero-order valence-corrected chi connectivity index (χ0v) is 21.9. The van der Waals surface area contributed by atoms with Crippen molar-refractivity contribution in [2.75, 3.05) is 42.5 Å². The van der Waals surface area contributed by atoms with Crippen LogP contribution in [0.5, 0.6) is 0 Å². The molecule has 200 valence electrons. The van der Waals surface area contributed by atoms with E-state index in [9.17, 15) is 14.4 Å². The first-order valence-corrected chi connectivity index (χ1v) is 13.3. The van der Waals surface area contributed by atoms with Gasteiger partial charge in [0.25, 0.3) is 5.91 Å². The topological polar surface area (TPSA) is 98.6 Å². The minimum Gasteiger partial charge on any atom is -0.354 e. The molecule has 0 N–H and O–H groups in total. The Hall–Kier alpha value is -4.82. The normalized spacial score (nSPS) is 17.9. The van der Waals surface area contributed by atoms with Gasteiger partial charge in [0.1, 0.15) is 28.8 Å². The van der Waals surface area contributed by atoms with Gasteiger partial charge in [-0.15, -0.1) is 0 Å². The molecule has 2 aliphatic heterocycles. The van der Waals surface area contributed by atoms with Gasteiger partial charge >= 0.3 is 0 Å². The Morgan fingerprint density at radius 2 is 1.85 bits per heavy atom. The molecule has 4 aromatic heterocycles. The summed E-state index contributed by atoms with van der Waals surface area (Å²) in [6.07, 6.45) is 1.06. The van der Waals surface area contributed by atoms with Gasteiger partial charge in [-0.3, -0.25) is 14.4 Å². The lowest BCUT2D eigenvalue weighted by molar-refractivity contribution is 0.0955. The highest BCUT2D eigenvalue weighted by Crippen LogP contribution is 2.34. The summed E-state index contributed by atoms with van der Waals surface area (Å²) in [5, 5.41) is 18.8. The van der Waals surface area contributed by atoms with E-state index in [0.29, 0.717) is 29.0 Å². The number of aromatic nitrogens is 5. The molecule has 1 saturated heterocycles. The number of fused-ring (bicyclic) bond motifs is 4. The van der Waals surface area contributed by atoms with E-state index in [-0.39, 0.29) is 23.2 Å². The van der Waals surface area contributed by atoms with Crippen molar-refractivity contribution in [1.29, 1.82) is 5.26 Å². The Bertz CT molecular complexity index is 1800. The number of nitriles is 1. The second-order valence-electron chi connectivity index (χ2n) is 10.3. The Morgan fingerprint density at radius 3 is 2.62 bits per heavy atom. The molecule has 40 heavy (non-hydrogen) atoms. The highest BCUT2D eigenvalue weighted by Gasteiger charge is 2.35. The van der Waals surface area contributed by atoms with Gasteiger partial charge in [-0.05, 0) is 36.8 Å². The first-order valence-electron chi connectivity index (χ1n) is 13.3. The molecule has 1 amide bonds. The van der Waals surface area contributed by atoms with Gasteiger partial charge in [0.05, 0.1) is 23.3 Å². The molecule has 1 atom stereocenters. The number of carbonyl (C=O) groups excluding carboxylic acids is 1.